The van der Waals surface area contributed by atoms with Crippen LogP contribution >= 0.6 is 11.8 Å². The molecule has 1 saturated carbocycles. The van der Waals surface area contributed by atoms with Crippen molar-refractivity contribution in [2.45, 2.75) is 37.9 Å². The first kappa shape index (κ1) is 12.1. The first-order valence-electron chi connectivity index (χ1n) is 5.76. The van der Waals surface area contributed by atoms with Gasteiger partial charge in [-0.15, -0.1) is 6.58 Å². The van der Waals surface area contributed by atoms with Crippen LogP contribution in [0.2, 0.25) is 0 Å². The number of hydrogen-bond donors (Lipinski definition) is 1. The fourth-order valence-electron chi connectivity index (χ4n) is 1.92. The van der Waals surface area contributed by atoms with Crippen LogP contribution in [0.1, 0.15) is 32.6 Å². The fourth-order valence-corrected chi connectivity index (χ4v) is 3.09. The van der Waals surface area contributed by atoms with Gasteiger partial charge in [-0.25, -0.2) is 0 Å². The van der Waals surface area contributed by atoms with Crippen LogP contribution in [0.3, 0.4) is 0 Å². The van der Waals surface area contributed by atoms with Crippen molar-refractivity contribution in [3.8, 4) is 0 Å². The Morgan fingerprint density at radius 3 is 2.86 bits per heavy atom. The number of rotatable bonds is 7. The summed E-state index contributed by atoms with van der Waals surface area (Å²) < 4.78 is 0. The largest absolute Gasteiger partial charge is 0.312 e. The van der Waals surface area contributed by atoms with Crippen molar-refractivity contribution < 1.29 is 0 Å². The van der Waals surface area contributed by atoms with E-state index in [0.29, 0.717) is 0 Å². The Bertz CT molecular complexity index is 152. The van der Waals surface area contributed by atoms with Gasteiger partial charge in [0.15, 0.2) is 0 Å². The molecule has 0 amide bonds. The van der Waals surface area contributed by atoms with Gasteiger partial charge in [-0.05, 0) is 24.5 Å². The zero-order chi connectivity index (χ0) is 10.2. The van der Waals surface area contributed by atoms with E-state index in [1.165, 1.54) is 31.4 Å². The van der Waals surface area contributed by atoms with Crippen LogP contribution < -0.4 is 5.32 Å². The lowest BCUT2D eigenvalue weighted by atomic mass is 10.1. The summed E-state index contributed by atoms with van der Waals surface area (Å²) in [6.45, 7) is 8.07. The molecule has 0 saturated heterocycles. The standard InChI is InChI=1S/C12H23NS/c1-3-8-13-9-11(2)14-10-12-6-4-5-7-12/h3,11-13H,1,4-10H2,2H3. The Hall–Kier alpha value is 0.0500. The molecule has 0 bridgehead atoms. The number of thioether (sulfide) groups is 1. The lowest BCUT2D eigenvalue weighted by Crippen LogP contribution is -2.23. The van der Waals surface area contributed by atoms with Crippen molar-refractivity contribution in [1.29, 1.82) is 0 Å². The molecule has 1 aliphatic carbocycles. The average Bonchev–Trinajstić information content (AvgIpc) is 2.68. The SMILES string of the molecule is C=CCNCC(C)SCC1CCCC1. The highest BCUT2D eigenvalue weighted by molar-refractivity contribution is 7.99. The molecule has 2 heteroatoms. The highest BCUT2D eigenvalue weighted by atomic mass is 32.2. The third-order valence-corrected chi connectivity index (χ3v) is 4.21. The van der Waals surface area contributed by atoms with Crippen molar-refractivity contribution in [2.24, 2.45) is 5.92 Å². The average molecular weight is 213 g/mol. The van der Waals surface area contributed by atoms with E-state index in [1.54, 1.807) is 0 Å². The molecule has 0 spiro atoms. The second-order valence-corrected chi connectivity index (χ2v) is 5.71. The van der Waals surface area contributed by atoms with Gasteiger partial charge in [0.1, 0.15) is 0 Å². The summed E-state index contributed by atoms with van der Waals surface area (Å²) >= 11 is 2.13. The quantitative estimate of drug-likeness (QED) is 0.515. The fraction of sp³-hybridized carbons (Fsp3) is 0.833. The topological polar surface area (TPSA) is 12.0 Å². The molecule has 0 heterocycles. The third-order valence-electron chi connectivity index (χ3n) is 2.81. The Morgan fingerprint density at radius 2 is 2.21 bits per heavy atom. The van der Waals surface area contributed by atoms with Gasteiger partial charge < -0.3 is 5.32 Å². The molecule has 14 heavy (non-hydrogen) atoms. The van der Waals surface area contributed by atoms with E-state index in [-0.39, 0.29) is 0 Å². The highest BCUT2D eigenvalue weighted by Crippen LogP contribution is 2.29. The monoisotopic (exact) mass is 213 g/mol. The lowest BCUT2D eigenvalue weighted by molar-refractivity contribution is 0.620. The Kier molecular flexibility index (Phi) is 6.37. The second kappa shape index (κ2) is 7.36. The van der Waals surface area contributed by atoms with Gasteiger partial charge in [0.25, 0.3) is 0 Å². The van der Waals surface area contributed by atoms with Crippen molar-refractivity contribution in [3.63, 3.8) is 0 Å². The van der Waals surface area contributed by atoms with Gasteiger partial charge in [0.2, 0.25) is 0 Å². The number of nitrogens with one attached hydrogen (secondary N) is 1. The summed E-state index contributed by atoms with van der Waals surface area (Å²) in [5, 5.41) is 4.12. The van der Waals surface area contributed by atoms with E-state index in [2.05, 4.69) is 30.6 Å². The smallest absolute Gasteiger partial charge is 0.0144 e. The van der Waals surface area contributed by atoms with Gasteiger partial charge in [-0.3, -0.25) is 0 Å². The summed E-state index contributed by atoms with van der Waals surface area (Å²) in [7, 11) is 0. The molecule has 1 nitrogen and oxygen atoms in total. The molecule has 1 atom stereocenters. The molecule has 1 fully saturated rings. The maximum absolute atomic E-state index is 3.70. The molecule has 0 radical (unpaired) electrons. The van der Waals surface area contributed by atoms with E-state index >= 15 is 0 Å². The van der Waals surface area contributed by atoms with Crippen molar-refractivity contribution >= 4 is 11.8 Å². The van der Waals surface area contributed by atoms with E-state index in [1.807, 2.05) is 6.08 Å². The predicted molar refractivity (Wildman–Crippen MR) is 66.9 cm³/mol. The first-order chi connectivity index (χ1) is 6.83. The normalized spacial score (nSPS) is 19.8. The molecular formula is C12H23NS. The van der Waals surface area contributed by atoms with Gasteiger partial charge in [0.05, 0.1) is 0 Å². The Balaban J connectivity index is 1.96. The van der Waals surface area contributed by atoms with E-state index in [4.69, 9.17) is 0 Å². The lowest BCUT2D eigenvalue weighted by Gasteiger charge is -2.14. The van der Waals surface area contributed by atoms with Crippen LogP contribution in [0.4, 0.5) is 0 Å². The highest BCUT2D eigenvalue weighted by Gasteiger charge is 2.15. The van der Waals surface area contributed by atoms with E-state index in [9.17, 15) is 0 Å². The zero-order valence-electron chi connectivity index (χ0n) is 9.30. The van der Waals surface area contributed by atoms with Crippen molar-refractivity contribution in [1.82, 2.24) is 5.32 Å². The van der Waals surface area contributed by atoms with Gasteiger partial charge in [0, 0.05) is 18.3 Å². The molecule has 1 unspecified atom stereocenters. The van der Waals surface area contributed by atoms with Crippen LogP contribution in [0, 0.1) is 5.92 Å². The number of hydrogen-bond acceptors (Lipinski definition) is 2. The van der Waals surface area contributed by atoms with Gasteiger partial charge in [-0.2, -0.15) is 11.8 Å². The van der Waals surface area contributed by atoms with E-state index in [0.717, 1.165) is 24.3 Å². The summed E-state index contributed by atoms with van der Waals surface area (Å²) in [6.07, 6.45) is 7.80. The summed E-state index contributed by atoms with van der Waals surface area (Å²) in [6, 6.07) is 0. The minimum atomic E-state index is 0.746. The van der Waals surface area contributed by atoms with Crippen LogP contribution in [0.5, 0.6) is 0 Å². The molecule has 1 aliphatic rings. The van der Waals surface area contributed by atoms with Gasteiger partial charge in [-0.1, -0.05) is 25.8 Å². The van der Waals surface area contributed by atoms with E-state index < -0.39 is 0 Å². The van der Waals surface area contributed by atoms with Crippen molar-refractivity contribution in [2.75, 3.05) is 18.8 Å². The zero-order valence-corrected chi connectivity index (χ0v) is 10.1. The molecule has 1 rings (SSSR count). The van der Waals surface area contributed by atoms with Crippen LogP contribution in [-0.2, 0) is 0 Å². The maximum atomic E-state index is 3.70. The van der Waals surface area contributed by atoms with Gasteiger partial charge >= 0.3 is 0 Å². The molecule has 0 aromatic heterocycles. The molecule has 0 aromatic carbocycles. The third kappa shape index (κ3) is 5.06. The Morgan fingerprint density at radius 1 is 1.50 bits per heavy atom. The summed E-state index contributed by atoms with van der Waals surface area (Å²) in [4.78, 5) is 0. The van der Waals surface area contributed by atoms with Crippen LogP contribution in [0.15, 0.2) is 12.7 Å². The second-order valence-electron chi connectivity index (χ2n) is 4.24. The molecule has 0 aliphatic heterocycles. The minimum Gasteiger partial charge on any atom is -0.312 e. The predicted octanol–water partition coefficient (Wildman–Crippen LogP) is 3.07. The van der Waals surface area contributed by atoms with Crippen molar-refractivity contribution in [3.05, 3.63) is 12.7 Å². The molecule has 1 N–H and O–H groups in total. The van der Waals surface area contributed by atoms with Crippen LogP contribution in [0.25, 0.3) is 0 Å². The van der Waals surface area contributed by atoms with Crippen LogP contribution in [-0.4, -0.2) is 24.1 Å². The summed E-state index contributed by atoms with van der Waals surface area (Å²) in [5.74, 6) is 2.39. The Labute approximate surface area is 92.7 Å². The first-order valence-corrected chi connectivity index (χ1v) is 6.81. The maximum Gasteiger partial charge on any atom is 0.0144 e. The molecular weight excluding hydrogens is 190 g/mol. The summed E-state index contributed by atoms with van der Waals surface area (Å²) in [5.41, 5.74) is 0. The minimum absolute atomic E-state index is 0.746. The molecule has 0 aromatic rings. The molecule has 82 valence electrons.